The van der Waals surface area contributed by atoms with Crippen LogP contribution in [0.15, 0.2) is 53.1 Å². The Bertz CT molecular complexity index is 1220. The molecule has 8 heteroatoms. The van der Waals surface area contributed by atoms with Gasteiger partial charge in [-0.1, -0.05) is 53.2 Å². The lowest BCUT2D eigenvalue weighted by molar-refractivity contribution is -0.128. The lowest BCUT2D eigenvalue weighted by atomic mass is 9.96. The topological polar surface area (TPSA) is 91.6 Å². The van der Waals surface area contributed by atoms with E-state index in [0.717, 1.165) is 61.2 Å². The molecule has 0 unspecified atom stereocenters. The van der Waals surface area contributed by atoms with Gasteiger partial charge in [-0.05, 0) is 56.5 Å². The van der Waals surface area contributed by atoms with Crippen molar-refractivity contribution in [3.63, 3.8) is 0 Å². The maximum atomic E-state index is 12.8. The highest BCUT2D eigenvalue weighted by molar-refractivity contribution is 5.79. The molecular weight excluding hydrogens is 454 g/mol. The third-order valence-corrected chi connectivity index (χ3v) is 7.06. The van der Waals surface area contributed by atoms with E-state index in [1.54, 1.807) is 0 Å². The zero-order chi connectivity index (χ0) is 24.9. The first-order valence-electron chi connectivity index (χ1n) is 12.8. The number of rotatable bonds is 8. The zero-order valence-electron chi connectivity index (χ0n) is 20.8. The van der Waals surface area contributed by atoms with Crippen LogP contribution in [0, 0.1) is 12.8 Å². The first-order valence-corrected chi connectivity index (χ1v) is 12.8. The summed E-state index contributed by atoms with van der Waals surface area (Å²) in [6.45, 7) is 6.26. The average Bonchev–Trinajstić information content (AvgIpc) is 3.52. The van der Waals surface area contributed by atoms with Crippen LogP contribution in [0.2, 0.25) is 0 Å². The minimum Gasteiger partial charge on any atom is -0.352 e. The molecule has 1 aromatic heterocycles. The van der Waals surface area contributed by atoms with Gasteiger partial charge < -0.3 is 14.7 Å². The Balaban J connectivity index is 1.07. The van der Waals surface area contributed by atoms with E-state index < -0.39 is 0 Å². The summed E-state index contributed by atoms with van der Waals surface area (Å²) < 4.78 is 5.48. The van der Waals surface area contributed by atoms with Gasteiger partial charge >= 0.3 is 0 Å². The number of carbonyl (C=O) groups excluding carboxylic acids is 2. The van der Waals surface area contributed by atoms with Gasteiger partial charge in [-0.2, -0.15) is 4.98 Å². The first-order chi connectivity index (χ1) is 17.5. The van der Waals surface area contributed by atoms with Crippen LogP contribution in [0.25, 0.3) is 11.4 Å². The molecule has 0 radical (unpaired) electrons. The highest BCUT2D eigenvalue weighted by atomic mass is 16.5. The van der Waals surface area contributed by atoms with Crippen molar-refractivity contribution < 1.29 is 14.1 Å². The van der Waals surface area contributed by atoms with Crippen molar-refractivity contribution in [3.8, 4) is 11.4 Å². The van der Waals surface area contributed by atoms with Gasteiger partial charge in [0.05, 0.1) is 6.54 Å². The molecule has 2 aliphatic heterocycles. The number of piperidine rings is 1. The van der Waals surface area contributed by atoms with Gasteiger partial charge in [0.15, 0.2) is 0 Å². The Morgan fingerprint density at radius 1 is 1.06 bits per heavy atom. The molecule has 0 bridgehead atoms. The van der Waals surface area contributed by atoms with Crippen LogP contribution >= 0.6 is 0 Å². The minimum atomic E-state index is 0.0113. The summed E-state index contributed by atoms with van der Waals surface area (Å²) in [7, 11) is 0. The Labute approximate surface area is 211 Å². The number of nitrogens with one attached hydrogen (secondary N) is 1. The Morgan fingerprint density at radius 3 is 2.64 bits per heavy atom. The molecule has 5 rings (SSSR count). The van der Waals surface area contributed by atoms with Gasteiger partial charge in [0.1, 0.15) is 0 Å². The molecule has 3 aromatic rings. The first kappa shape index (κ1) is 24.2. The number of hydrogen-bond acceptors (Lipinski definition) is 6. The predicted molar refractivity (Wildman–Crippen MR) is 135 cm³/mol. The minimum absolute atomic E-state index is 0.0113. The monoisotopic (exact) mass is 487 g/mol. The normalized spacial score (nSPS) is 17.0. The number of aryl methyl sites for hydroxylation is 1. The van der Waals surface area contributed by atoms with E-state index in [1.165, 1.54) is 0 Å². The van der Waals surface area contributed by atoms with Crippen LogP contribution in [0.1, 0.15) is 48.3 Å². The third-order valence-electron chi connectivity index (χ3n) is 7.06. The van der Waals surface area contributed by atoms with Gasteiger partial charge in [-0.25, -0.2) is 0 Å². The lowest BCUT2D eigenvalue weighted by Gasteiger charge is -2.30. The summed E-state index contributed by atoms with van der Waals surface area (Å²) in [5.74, 6) is 1.56. The van der Waals surface area contributed by atoms with E-state index in [2.05, 4.69) is 26.4 Å². The largest absolute Gasteiger partial charge is 0.352 e. The van der Waals surface area contributed by atoms with Crippen LogP contribution in [0.4, 0.5) is 0 Å². The number of benzene rings is 2. The van der Waals surface area contributed by atoms with Gasteiger partial charge in [0.2, 0.25) is 23.5 Å². The van der Waals surface area contributed by atoms with Crippen LogP contribution in [0.3, 0.4) is 0 Å². The van der Waals surface area contributed by atoms with Crippen LogP contribution in [0.5, 0.6) is 0 Å². The molecule has 188 valence electrons. The number of carbonyl (C=O) groups is 2. The number of aromatic nitrogens is 2. The van der Waals surface area contributed by atoms with E-state index in [1.807, 2.05) is 54.3 Å². The van der Waals surface area contributed by atoms with E-state index in [4.69, 9.17) is 4.52 Å². The molecule has 8 nitrogen and oxygen atoms in total. The molecule has 2 saturated heterocycles. The maximum Gasteiger partial charge on any atom is 0.241 e. The van der Waals surface area contributed by atoms with Crippen LogP contribution < -0.4 is 5.32 Å². The molecule has 0 saturated carbocycles. The molecule has 2 aliphatic rings. The molecule has 0 spiro atoms. The van der Waals surface area contributed by atoms with Crippen molar-refractivity contribution >= 4 is 11.8 Å². The van der Waals surface area contributed by atoms with Crippen molar-refractivity contribution in [2.24, 2.45) is 5.92 Å². The second-order valence-corrected chi connectivity index (χ2v) is 9.89. The van der Waals surface area contributed by atoms with E-state index in [-0.39, 0.29) is 17.7 Å². The SMILES string of the molecule is Cc1cccc(-c2noc(CN3CCC(C(=O)NCc4cccc(CN5CCCC5=O)c4)CC3)n2)c1. The summed E-state index contributed by atoms with van der Waals surface area (Å²) in [4.78, 5) is 33.4. The molecule has 2 aromatic carbocycles. The number of nitrogens with zero attached hydrogens (tertiary/aromatic N) is 4. The fourth-order valence-electron chi connectivity index (χ4n) is 5.03. The molecule has 2 amide bonds. The number of likely N-dealkylation sites (tertiary alicyclic amines) is 2. The maximum absolute atomic E-state index is 12.8. The van der Waals surface area contributed by atoms with Crippen molar-refractivity contribution in [1.29, 1.82) is 0 Å². The molecule has 2 fully saturated rings. The lowest BCUT2D eigenvalue weighted by Crippen LogP contribution is -2.40. The van der Waals surface area contributed by atoms with Gasteiger partial charge in [-0.3, -0.25) is 14.5 Å². The average molecular weight is 488 g/mol. The Morgan fingerprint density at radius 2 is 1.86 bits per heavy atom. The van der Waals surface area contributed by atoms with E-state index >= 15 is 0 Å². The van der Waals surface area contributed by atoms with Gasteiger partial charge in [0, 0.05) is 37.5 Å². The van der Waals surface area contributed by atoms with E-state index in [0.29, 0.717) is 37.8 Å². The van der Waals surface area contributed by atoms with Crippen LogP contribution in [-0.2, 0) is 29.2 Å². The molecule has 36 heavy (non-hydrogen) atoms. The zero-order valence-corrected chi connectivity index (χ0v) is 20.8. The Kier molecular flexibility index (Phi) is 7.41. The highest BCUT2D eigenvalue weighted by Crippen LogP contribution is 2.21. The van der Waals surface area contributed by atoms with Crippen LogP contribution in [-0.4, -0.2) is 51.4 Å². The fraction of sp³-hybridized carbons (Fsp3) is 0.429. The quantitative estimate of drug-likeness (QED) is 0.521. The summed E-state index contributed by atoms with van der Waals surface area (Å²) >= 11 is 0. The Hall–Kier alpha value is -3.52. The smallest absolute Gasteiger partial charge is 0.241 e. The molecule has 0 atom stereocenters. The number of amides is 2. The standard InChI is InChI=1S/C28H33N5O3/c1-20-5-2-8-24(15-20)27-30-25(36-31-27)19-32-13-10-23(11-14-32)28(35)29-17-21-6-3-7-22(16-21)18-33-12-4-9-26(33)34/h2-3,5-8,15-16,23H,4,9-14,17-19H2,1H3,(H,29,35). The van der Waals surface area contributed by atoms with Crippen molar-refractivity contribution in [2.75, 3.05) is 19.6 Å². The second-order valence-electron chi connectivity index (χ2n) is 9.89. The predicted octanol–water partition coefficient (Wildman–Crippen LogP) is 3.70. The molecule has 3 heterocycles. The van der Waals surface area contributed by atoms with Crippen molar-refractivity contribution in [1.82, 2.24) is 25.3 Å². The van der Waals surface area contributed by atoms with Gasteiger partial charge in [0.25, 0.3) is 0 Å². The molecule has 1 N–H and O–H groups in total. The summed E-state index contributed by atoms with van der Waals surface area (Å²) in [5, 5.41) is 7.24. The van der Waals surface area contributed by atoms with E-state index in [9.17, 15) is 9.59 Å². The highest BCUT2D eigenvalue weighted by Gasteiger charge is 2.26. The third kappa shape index (κ3) is 5.99. The summed E-state index contributed by atoms with van der Waals surface area (Å²) in [6.07, 6.45) is 3.21. The van der Waals surface area contributed by atoms with Crippen molar-refractivity contribution in [2.45, 2.75) is 52.2 Å². The fourth-order valence-corrected chi connectivity index (χ4v) is 5.03. The molecule has 0 aliphatic carbocycles. The number of hydrogen-bond donors (Lipinski definition) is 1. The van der Waals surface area contributed by atoms with Crippen molar-refractivity contribution in [3.05, 3.63) is 71.1 Å². The summed E-state index contributed by atoms with van der Waals surface area (Å²) in [6, 6.07) is 16.2. The summed E-state index contributed by atoms with van der Waals surface area (Å²) in [5.41, 5.74) is 4.28. The second kappa shape index (κ2) is 11.0. The molecular formula is C28H33N5O3. The van der Waals surface area contributed by atoms with Gasteiger partial charge in [-0.15, -0.1) is 0 Å².